The van der Waals surface area contributed by atoms with Gasteiger partial charge < -0.3 is 25.4 Å². The first-order chi connectivity index (χ1) is 16.2. The highest BCUT2D eigenvalue weighted by Crippen LogP contribution is 2.41. The summed E-state index contributed by atoms with van der Waals surface area (Å²) in [6.07, 6.45) is 0. The molecule has 2 aromatic rings. The summed E-state index contributed by atoms with van der Waals surface area (Å²) in [5.41, 5.74) is 6.97. The number of nitrogens with zero attached hydrogens (tertiary/aromatic N) is 4. The predicted octanol–water partition coefficient (Wildman–Crippen LogP) is 1.21. The summed E-state index contributed by atoms with van der Waals surface area (Å²) in [6.45, 7) is 3.62. The Balaban J connectivity index is 1.49. The Morgan fingerprint density at radius 3 is 2.79 bits per heavy atom. The molecule has 2 aliphatic rings. The summed E-state index contributed by atoms with van der Waals surface area (Å²) in [5.74, 6) is -1.04. The molecule has 1 saturated heterocycles. The van der Waals surface area contributed by atoms with E-state index in [1.54, 1.807) is 12.3 Å². The molecular formula is C19H20N6O6S3. The number of aryl methyl sites for hydroxylation is 2. The van der Waals surface area contributed by atoms with Crippen molar-refractivity contribution in [3.63, 3.8) is 0 Å². The van der Waals surface area contributed by atoms with Crippen LogP contribution in [0.3, 0.4) is 0 Å². The van der Waals surface area contributed by atoms with Crippen molar-refractivity contribution in [1.29, 1.82) is 0 Å². The van der Waals surface area contributed by atoms with Crippen LogP contribution in [0, 0.1) is 13.8 Å². The summed E-state index contributed by atoms with van der Waals surface area (Å²) in [7, 11) is 1.28. The minimum atomic E-state index is -1.21. The van der Waals surface area contributed by atoms with E-state index >= 15 is 0 Å². The normalized spacial score (nSPS) is 20.1. The number of hydrogen-bond donors (Lipinski definition) is 3. The van der Waals surface area contributed by atoms with E-state index in [0.717, 1.165) is 17.0 Å². The Morgan fingerprint density at radius 2 is 2.21 bits per heavy atom. The average molecular weight is 525 g/mol. The number of nitrogens with one attached hydrogen (secondary N) is 1. The number of carbonyl (C=O) groups is 3. The van der Waals surface area contributed by atoms with Gasteiger partial charge in [0.15, 0.2) is 10.8 Å². The minimum absolute atomic E-state index is 0.0789. The van der Waals surface area contributed by atoms with Gasteiger partial charge in [0.1, 0.15) is 35.7 Å². The molecule has 0 aliphatic carbocycles. The molecule has 2 aromatic heterocycles. The quantitative estimate of drug-likeness (QED) is 0.196. The zero-order chi connectivity index (χ0) is 24.6. The highest BCUT2D eigenvalue weighted by molar-refractivity contribution is 8.01. The first kappa shape index (κ1) is 24.1. The van der Waals surface area contributed by atoms with Crippen molar-refractivity contribution in [1.82, 2.24) is 20.2 Å². The van der Waals surface area contributed by atoms with Crippen molar-refractivity contribution in [2.24, 2.45) is 5.16 Å². The van der Waals surface area contributed by atoms with Crippen LogP contribution in [-0.2, 0) is 19.2 Å². The highest BCUT2D eigenvalue weighted by Gasteiger charge is 2.54. The number of aromatic nitrogens is 2. The van der Waals surface area contributed by atoms with Gasteiger partial charge in [-0.1, -0.05) is 16.9 Å². The number of carboxylic acids is 1. The Labute approximate surface area is 206 Å². The molecule has 4 N–H and O–H groups in total. The molecule has 34 heavy (non-hydrogen) atoms. The van der Waals surface area contributed by atoms with Crippen LogP contribution in [0.2, 0.25) is 0 Å². The molecule has 0 unspecified atom stereocenters. The van der Waals surface area contributed by atoms with Crippen molar-refractivity contribution >= 4 is 63.5 Å². The third kappa shape index (κ3) is 4.50. The maximum Gasteiger partial charge on any atom is 0.352 e. The molecule has 1 fully saturated rings. The Kier molecular flexibility index (Phi) is 6.86. The largest absolute Gasteiger partial charge is 0.477 e. The van der Waals surface area contributed by atoms with Crippen molar-refractivity contribution in [3.8, 4) is 0 Å². The van der Waals surface area contributed by atoms with Crippen LogP contribution in [0.25, 0.3) is 0 Å². The van der Waals surface area contributed by atoms with E-state index in [1.165, 1.54) is 35.5 Å². The molecule has 0 saturated carbocycles. The standard InChI is InChI=1S/C19H20N6O6S3/c1-7-8(2)31-19(21-7)34-5-9-4-32-16-12(15(27)25(16)13(9)17(28)29)23-14(26)11(24-30-3)10-6-33-18(20)22-10/h6,12,16H,4-5H2,1-3H3,(H2,20,22)(H,23,26)(H,28,29)/t12-,16+/m1/s1. The van der Waals surface area contributed by atoms with E-state index < -0.39 is 29.2 Å². The number of oxazole rings is 1. The summed E-state index contributed by atoms with van der Waals surface area (Å²) >= 11 is 3.76. The lowest BCUT2D eigenvalue weighted by Gasteiger charge is -2.49. The molecule has 180 valence electrons. The van der Waals surface area contributed by atoms with Crippen LogP contribution in [0.4, 0.5) is 5.13 Å². The molecule has 2 aliphatic heterocycles. The first-order valence-corrected chi connectivity index (χ1v) is 12.7. The SMILES string of the molecule is CON=C(C(=O)N[C@@H]1C(=O)N2C(C(=O)O)=C(CSc3nc(C)c(C)o3)CS[C@@H]12)c1csc(N)n1. The van der Waals surface area contributed by atoms with Gasteiger partial charge in [0.25, 0.3) is 17.0 Å². The van der Waals surface area contributed by atoms with Gasteiger partial charge in [-0.3, -0.25) is 14.5 Å². The number of amides is 2. The Morgan fingerprint density at radius 1 is 1.44 bits per heavy atom. The van der Waals surface area contributed by atoms with Crippen LogP contribution in [0.15, 0.2) is 31.4 Å². The molecule has 0 radical (unpaired) electrons. The van der Waals surface area contributed by atoms with Crippen LogP contribution in [-0.4, -0.2) is 73.5 Å². The monoisotopic (exact) mass is 524 g/mol. The molecular weight excluding hydrogens is 504 g/mol. The average Bonchev–Trinajstić information content (AvgIpc) is 3.37. The van der Waals surface area contributed by atoms with Gasteiger partial charge in [0.2, 0.25) is 0 Å². The van der Waals surface area contributed by atoms with Gasteiger partial charge in [0.05, 0.1) is 5.69 Å². The van der Waals surface area contributed by atoms with Gasteiger partial charge in [0, 0.05) is 16.9 Å². The van der Waals surface area contributed by atoms with Gasteiger partial charge >= 0.3 is 5.97 Å². The Hall–Kier alpha value is -3.04. The predicted molar refractivity (Wildman–Crippen MR) is 126 cm³/mol. The number of thiazole rings is 1. The fourth-order valence-corrected chi connectivity index (χ4v) is 6.29. The van der Waals surface area contributed by atoms with E-state index in [2.05, 4.69) is 20.4 Å². The molecule has 0 aromatic carbocycles. The molecule has 0 bridgehead atoms. The van der Waals surface area contributed by atoms with E-state index in [0.29, 0.717) is 28.1 Å². The topological polar surface area (TPSA) is 173 Å². The lowest BCUT2D eigenvalue weighted by Crippen LogP contribution is -2.71. The number of β-lactam (4-membered cyclic amide) rings is 1. The number of nitrogens with two attached hydrogens (primary N) is 1. The number of thioether (sulfide) groups is 2. The van der Waals surface area contributed by atoms with E-state index in [-0.39, 0.29) is 22.2 Å². The summed E-state index contributed by atoms with van der Waals surface area (Å²) < 4.78 is 5.54. The molecule has 15 heteroatoms. The number of anilines is 1. The number of aliphatic carboxylic acids is 1. The number of nitrogen functional groups attached to an aromatic ring is 1. The molecule has 2 atom stereocenters. The molecule has 2 amide bonds. The molecule has 4 rings (SSSR count). The molecule has 12 nitrogen and oxygen atoms in total. The van der Waals surface area contributed by atoms with Crippen LogP contribution in [0.5, 0.6) is 0 Å². The summed E-state index contributed by atoms with van der Waals surface area (Å²) in [4.78, 5) is 52.0. The molecule has 0 spiro atoms. The number of carbonyl (C=O) groups excluding carboxylic acids is 2. The fraction of sp³-hybridized carbons (Fsp3) is 0.368. The van der Waals surface area contributed by atoms with Crippen molar-refractivity contribution in [2.45, 2.75) is 30.5 Å². The van der Waals surface area contributed by atoms with Gasteiger partial charge in [-0.25, -0.2) is 14.8 Å². The second-order valence-electron chi connectivity index (χ2n) is 7.22. The van der Waals surface area contributed by atoms with Gasteiger partial charge in [-0.05, 0) is 19.4 Å². The third-order valence-corrected chi connectivity index (χ3v) is 8.01. The number of rotatable bonds is 8. The highest BCUT2D eigenvalue weighted by atomic mass is 32.2. The van der Waals surface area contributed by atoms with Crippen LogP contribution >= 0.6 is 34.9 Å². The van der Waals surface area contributed by atoms with Crippen molar-refractivity contribution in [3.05, 3.63) is 33.8 Å². The summed E-state index contributed by atoms with van der Waals surface area (Å²) in [6, 6.07) is -0.920. The van der Waals surface area contributed by atoms with Crippen molar-refractivity contribution in [2.75, 3.05) is 24.3 Å². The first-order valence-electron chi connectivity index (χ1n) is 9.81. The number of carboxylic acid groups (broad SMARTS) is 1. The second-order valence-corrected chi connectivity index (χ2v) is 10.1. The van der Waals surface area contributed by atoms with Crippen molar-refractivity contribution < 1.29 is 28.7 Å². The minimum Gasteiger partial charge on any atom is -0.477 e. The number of hydrogen-bond acceptors (Lipinski definition) is 12. The van der Waals surface area contributed by atoms with E-state index in [9.17, 15) is 19.5 Å². The van der Waals surface area contributed by atoms with Crippen LogP contribution in [0.1, 0.15) is 17.1 Å². The zero-order valence-electron chi connectivity index (χ0n) is 18.2. The zero-order valence-corrected chi connectivity index (χ0v) is 20.7. The smallest absolute Gasteiger partial charge is 0.352 e. The maximum atomic E-state index is 12.9. The van der Waals surface area contributed by atoms with Gasteiger partial charge in [-0.15, -0.1) is 23.1 Å². The van der Waals surface area contributed by atoms with E-state index in [4.69, 9.17) is 15.0 Å². The van der Waals surface area contributed by atoms with E-state index in [1.807, 2.05) is 6.92 Å². The lowest BCUT2D eigenvalue weighted by atomic mass is 10.0. The lowest BCUT2D eigenvalue weighted by molar-refractivity contribution is -0.150. The summed E-state index contributed by atoms with van der Waals surface area (Å²) in [5, 5.41) is 17.8. The number of oxime groups is 1. The third-order valence-electron chi connectivity index (χ3n) is 5.08. The maximum absolute atomic E-state index is 12.9. The van der Waals surface area contributed by atoms with Gasteiger partial charge in [-0.2, -0.15) is 0 Å². The Bertz CT molecular complexity index is 1200. The number of fused-ring (bicyclic) bond motifs is 1. The fourth-order valence-electron chi connectivity index (χ4n) is 3.35. The van der Waals surface area contributed by atoms with Crippen LogP contribution < -0.4 is 11.1 Å². The molecule has 4 heterocycles. The second kappa shape index (κ2) is 9.68.